The van der Waals surface area contributed by atoms with Gasteiger partial charge in [0.25, 0.3) is 0 Å². The summed E-state index contributed by atoms with van der Waals surface area (Å²) in [6.07, 6.45) is 1.25. The summed E-state index contributed by atoms with van der Waals surface area (Å²) in [6, 6.07) is 4.05. The number of hydrogen-bond acceptors (Lipinski definition) is 1. The standard InChI is InChI=1S/C11H6ClF2NO2/c12-6-3-10(11(16)17)15(5-6)9-2-1-7(13)4-8(9)14/h1-5H,(H,16,17). The van der Waals surface area contributed by atoms with Crippen molar-refractivity contribution in [1.82, 2.24) is 4.57 Å². The molecule has 0 radical (unpaired) electrons. The van der Waals surface area contributed by atoms with E-state index in [1.54, 1.807) is 0 Å². The predicted octanol–water partition coefficient (Wildman–Crippen LogP) is 3.11. The van der Waals surface area contributed by atoms with Gasteiger partial charge in [0.05, 0.1) is 10.7 Å². The van der Waals surface area contributed by atoms with E-state index >= 15 is 0 Å². The SMILES string of the molecule is O=C(O)c1cc(Cl)cn1-c1ccc(F)cc1F. The molecule has 0 atom stereocenters. The van der Waals surface area contributed by atoms with Gasteiger partial charge in [-0.2, -0.15) is 0 Å². The summed E-state index contributed by atoms with van der Waals surface area (Å²) in [4.78, 5) is 10.9. The molecular weight excluding hydrogens is 252 g/mol. The highest BCUT2D eigenvalue weighted by Gasteiger charge is 2.15. The van der Waals surface area contributed by atoms with Gasteiger partial charge in [0.1, 0.15) is 17.3 Å². The third-order valence-electron chi connectivity index (χ3n) is 2.17. The minimum absolute atomic E-state index is 0.0734. The zero-order chi connectivity index (χ0) is 12.6. The van der Waals surface area contributed by atoms with Gasteiger partial charge < -0.3 is 9.67 Å². The van der Waals surface area contributed by atoms with Crippen molar-refractivity contribution in [1.29, 1.82) is 0 Å². The van der Waals surface area contributed by atoms with E-state index in [0.717, 1.165) is 16.7 Å². The minimum atomic E-state index is -1.25. The van der Waals surface area contributed by atoms with Crippen LogP contribution in [0.2, 0.25) is 5.02 Å². The molecule has 1 heterocycles. The Labute approximate surface area is 99.9 Å². The van der Waals surface area contributed by atoms with Crippen molar-refractivity contribution in [2.45, 2.75) is 0 Å². The largest absolute Gasteiger partial charge is 0.477 e. The van der Waals surface area contributed by atoms with Gasteiger partial charge in [-0.15, -0.1) is 0 Å². The molecule has 0 aliphatic rings. The molecule has 1 aromatic heterocycles. The maximum absolute atomic E-state index is 13.5. The molecule has 0 saturated heterocycles. The second-order valence-corrected chi connectivity index (χ2v) is 3.75. The van der Waals surface area contributed by atoms with Crippen LogP contribution in [0.15, 0.2) is 30.5 Å². The first-order chi connectivity index (χ1) is 7.99. The van der Waals surface area contributed by atoms with Crippen LogP contribution in [0.25, 0.3) is 5.69 Å². The number of halogens is 3. The number of rotatable bonds is 2. The molecule has 0 saturated carbocycles. The van der Waals surface area contributed by atoms with Crippen LogP contribution in [0.4, 0.5) is 8.78 Å². The summed E-state index contributed by atoms with van der Waals surface area (Å²) in [5.74, 6) is -2.85. The topological polar surface area (TPSA) is 42.2 Å². The first-order valence-electron chi connectivity index (χ1n) is 4.55. The lowest BCUT2D eigenvalue weighted by molar-refractivity contribution is 0.0688. The van der Waals surface area contributed by atoms with Crippen molar-refractivity contribution < 1.29 is 18.7 Å². The van der Waals surface area contributed by atoms with E-state index < -0.39 is 17.6 Å². The third kappa shape index (κ3) is 2.14. The Bertz CT molecular complexity index is 595. The van der Waals surface area contributed by atoms with Crippen LogP contribution >= 0.6 is 11.6 Å². The molecule has 17 heavy (non-hydrogen) atoms. The van der Waals surface area contributed by atoms with Crippen LogP contribution in [0.3, 0.4) is 0 Å². The first kappa shape index (κ1) is 11.6. The second kappa shape index (κ2) is 4.18. The molecular formula is C11H6ClF2NO2. The molecule has 0 spiro atoms. The molecule has 0 unspecified atom stereocenters. The Kier molecular flexibility index (Phi) is 2.85. The van der Waals surface area contributed by atoms with Crippen molar-refractivity contribution in [3.05, 3.63) is 52.8 Å². The smallest absolute Gasteiger partial charge is 0.352 e. The highest BCUT2D eigenvalue weighted by Crippen LogP contribution is 2.22. The molecule has 88 valence electrons. The number of carboxylic acids is 1. The van der Waals surface area contributed by atoms with Gasteiger partial charge in [0.15, 0.2) is 0 Å². The predicted molar refractivity (Wildman–Crippen MR) is 57.7 cm³/mol. The van der Waals surface area contributed by atoms with E-state index in [9.17, 15) is 13.6 Å². The number of aromatic carboxylic acids is 1. The molecule has 3 nitrogen and oxygen atoms in total. The number of carbonyl (C=O) groups is 1. The highest BCUT2D eigenvalue weighted by molar-refractivity contribution is 6.31. The maximum Gasteiger partial charge on any atom is 0.352 e. The van der Waals surface area contributed by atoms with Crippen LogP contribution in [-0.4, -0.2) is 15.6 Å². The van der Waals surface area contributed by atoms with Crippen LogP contribution < -0.4 is 0 Å². The van der Waals surface area contributed by atoms with Gasteiger partial charge >= 0.3 is 5.97 Å². The summed E-state index contributed by atoms with van der Waals surface area (Å²) >= 11 is 5.66. The summed E-state index contributed by atoms with van der Waals surface area (Å²) in [5, 5.41) is 9.07. The quantitative estimate of drug-likeness (QED) is 0.898. The lowest BCUT2D eigenvalue weighted by Gasteiger charge is -2.07. The Morgan fingerprint density at radius 3 is 2.59 bits per heavy atom. The number of hydrogen-bond donors (Lipinski definition) is 1. The zero-order valence-corrected chi connectivity index (χ0v) is 9.08. The second-order valence-electron chi connectivity index (χ2n) is 3.31. The average Bonchev–Trinajstić information content (AvgIpc) is 2.60. The van der Waals surface area contributed by atoms with E-state index in [1.165, 1.54) is 12.3 Å². The van der Waals surface area contributed by atoms with E-state index in [2.05, 4.69) is 0 Å². The number of aromatic nitrogens is 1. The Balaban J connectivity index is 2.63. The fourth-order valence-electron chi connectivity index (χ4n) is 1.47. The van der Waals surface area contributed by atoms with Crippen molar-refractivity contribution in [3.63, 3.8) is 0 Å². The van der Waals surface area contributed by atoms with Gasteiger partial charge in [-0.05, 0) is 18.2 Å². The van der Waals surface area contributed by atoms with Crippen LogP contribution in [0, 0.1) is 11.6 Å². The molecule has 2 aromatic rings. The highest BCUT2D eigenvalue weighted by atomic mass is 35.5. The minimum Gasteiger partial charge on any atom is -0.477 e. The van der Waals surface area contributed by atoms with E-state index in [-0.39, 0.29) is 16.4 Å². The molecule has 2 rings (SSSR count). The molecule has 0 bridgehead atoms. The van der Waals surface area contributed by atoms with E-state index in [0.29, 0.717) is 6.07 Å². The number of carboxylic acid groups (broad SMARTS) is 1. The fraction of sp³-hybridized carbons (Fsp3) is 0. The van der Waals surface area contributed by atoms with Crippen LogP contribution in [-0.2, 0) is 0 Å². The lowest BCUT2D eigenvalue weighted by atomic mass is 10.3. The zero-order valence-electron chi connectivity index (χ0n) is 8.32. The Hall–Kier alpha value is -1.88. The van der Waals surface area contributed by atoms with Crippen molar-refractivity contribution in [3.8, 4) is 5.69 Å². The number of benzene rings is 1. The molecule has 0 fully saturated rings. The van der Waals surface area contributed by atoms with Gasteiger partial charge in [-0.1, -0.05) is 11.6 Å². The van der Waals surface area contributed by atoms with Crippen LogP contribution in [0.5, 0.6) is 0 Å². The molecule has 6 heteroatoms. The molecule has 0 aliphatic heterocycles. The molecule has 1 N–H and O–H groups in total. The summed E-state index contributed by atoms with van der Waals surface area (Å²) in [6.45, 7) is 0. The van der Waals surface area contributed by atoms with Crippen molar-refractivity contribution in [2.75, 3.05) is 0 Å². The summed E-state index contributed by atoms with van der Waals surface area (Å²) < 4.78 is 27.3. The van der Waals surface area contributed by atoms with E-state index in [4.69, 9.17) is 16.7 Å². The summed E-state index contributed by atoms with van der Waals surface area (Å²) in [7, 11) is 0. The summed E-state index contributed by atoms with van der Waals surface area (Å²) in [5.41, 5.74) is -0.267. The normalized spacial score (nSPS) is 10.5. The first-order valence-corrected chi connectivity index (χ1v) is 4.93. The monoisotopic (exact) mass is 257 g/mol. The lowest BCUT2D eigenvalue weighted by Crippen LogP contribution is -2.07. The maximum atomic E-state index is 13.5. The van der Waals surface area contributed by atoms with Crippen LogP contribution in [0.1, 0.15) is 10.5 Å². The molecule has 1 aromatic carbocycles. The Morgan fingerprint density at radius 2 is 2.00 bits per heavy atom. The van der Waals surface area contributed by atoms with Crippen molar-refractivity contribution >= 4 is 17.6 Å². The molecule has 0 aliphatic carbocycles. The molecule has 0 amide bonds. The van der Waals surface area contributed by atoms with Gasteiger partial charge in [-0.25, -0.2) is 13.6 Å². The Morgan fingerprint density at radius 1 is 1.29 bits per heavy atom. The number of nitrogens with zero attached hydrogens (tertiary/aromatic N) is 1. The fourth-order valence-corrected chi connectivity index (χ4v) is 1.67. The average molecular weight is 258 g/mol. The van der Waals surface area contributed by atoms with E-state index in [1.807, 2.05) is 0 Å². The third-order valence-corrected chi connectivity index (χ3v) is 2.38. The van der Waals surface area contributed by atoms with Gasteiger partial charge in [-0.3, -0.25) is 0 Å². The van der Waals surface area contributed by atoms with Crippen molar-refractivity contribution in [2.24, 2.45) is 0 Å². The van der Waals surface area contributed by atoms with Gasteiger partial charge in [0, 0.05) is 12.3 Å². The van der Waals surface area contributed by atoms with Gasteiger partial charge in [0.2, 0.25) is 0 Å².